The fourth-order valence-corrected chi connectivity index (χ4v) is 5.48. The number of nitrogens with zero attached hydrogens (tertiary/aromatic N) is 2. The van der Waals surface area contributed by atoms with Gasteiger partial charge in [-0.2, -0.15) is 0 Å². The fraction of sp³-hybridized carbons (Fsp3) is 0.462. The van der Waals surface area contributed by atoms with Gasteiger partial charge in [-0.25, -0.2) is 4.79 Å². The molecule has 8 nitrogen and oxygen atoms in total. The molecule has 0 saturated carbocycles. The number of hydrogen-bond donors (Lipinski definition) is 2. The Morgan fingerprint density at radius 1 is 1.19 bits per heavy atom. The second kappa shape index (κ2) is 10.6. The molecule has 1 fully saturated rings. The molecule has 2 aromatic heterocycles. The summed E-state index contributed by atoms with van der Waals surface area (Å²) in [4.78, 5) is 27.3. The van der Waals surface area contributed by atoms with Gasteiger partial charge in [0.2, 0.25) is 11.8 Å². The Labute approximate surface area is 219 Å². The van der Waals surface area contributed by atoms with Crippen molar-refractivity contribution in [1.29, 1.82) is 0 Å². The quantitative estimate of drug-likeness (QED) is 0.384. The molecule has 2 N–H and O–H groups in total. The molecular formula is C26H32ClN3O5S. The maximum absolute atomic E-state index is 12.7. The zero-order valence-corrected chi connectivity index (χ0v) is 22.5. The first-order valence-corrected chi connectivity index (χ1v) is 13.2. The van der Waals surface area contributed by atoms with E-state index in [9.17, 15) is 14.7 Å². The number of carbonyl (C=O) groups excluding carboxylic acids is 2. The van der Waals surface area contributed by atoms with E-state index >= 15 is 0 Å². The SMILES string of the molecule is COc1c2cccc(NC(=O)c3ccc(Cl)s3)c2c(O)n1CCC1CCN(C(=O)OC(C)(C)C)CC1. The molecular weight excluding hydrogens is 502 g/mol. The van der Waals surface area contributed by atoms with Crippen LogP contribution in [0, 0.1) is 5.92 Å². The Bertz CT molecular complexity index is 1250. The number of carbonyl (C=O) groups is 2. The molecule has 36 heavy (non-hydrogen) atoms. The van der Waals surface area contributed by atoms with Crippen LogP contribution in [0.4, 0.5) is 10.5 Å². The van der Waals surface area contributed by atoms with Crippen LogP contribution in [-0.4, -0.2) is 52.4 Å². The largest absolute Gasteiger partial charge is 0.494 e. The molecule has 0 unspecified atom stereocenters. The van der Waals surface area contributed by atoms with Crippen LogP contribution in [-0.2, 0) is 11.3 Å². The minimum absolute atomic E-state index is 0.0492. The van der Waals surface area contributed by atoms with E-state index in [-0.39, 0.29) is 17.9 Å². The van der Waals surface area contributed by atoms with Crippen molar-refractivity contribution in [2.45, 2.75) is 52.2 Å². The molecule has 1 aliphatic heterocycles. The van der Waals surface area contributed by atoms with Gasteiger partial charge in [0.25, 0.3) is 5.91 Å². The zero-order chi connectivity index (χ0) is 26.0. The highest BCUT2D eigenvalue weighted by molar-refractivity contribution is 7.18. The maximum atomic E-state index is 12.7. The number of benzene rings is 1. The number of anilines is 1. The van der Waals surface area contributed by atoms with Crippen LogP contribution in [0.5, 0.6) is 11.8 Å². The number of amides is 2. The van der Waals surface area contributed by atoms with Gasteiger partial charge in [0.05, 0.1) is 27.4 Å². The van der Waals surface area contributed by atoms with Crippen molar-refractivity contribution in [2.75, 3.05) is 25.5 Å². The van der Waals surface area contributed by atoms with E-state index in [1.807, 2.05) is 32.9 Å². The first kappa shape index (κ1) is 26.2. The summed E-state index contributed by atoms with van der Waals surface area (Å²) in [7, 11) is 1.57. The van der Waals surface area contributed by atoms with Crippen molar-refractivity contribution < 1.29 is 24.2 Å². The number of likely N-dealkylation sites (tertiary alicyclic amines) is 1. The van der Waals surface area contributed by atoms with E-state index in [4.69, 9.17) is 21.1 Å². The number of thiophene rings is 1. The molecule has 0 aliphatic carbocycles. The minimum atomic E-state index is -0.506. The summed E-state index contributed by atoms with van der Waals surface area (Å²) in [6.07, 6.45) is 2.29. The average Bonchev–Trinajstić information content (AvgIpc) is 3.38. The van der Waals surface area contributed by atoms with Crippen molar-refractivity contribution >= 4 is 51.4 Å². The first-order chi connectivity index (χ1) is 17.1. The summed E-state index contributed by atoms with van der Waals surface area (Å²) in [6.45, 7) is 7.46. The standard InChI is InChI=1S/C26H32ClN3O5S/c1-26(2,3)35-25(33)29-13-10-16(11-14-29)12-15-30-23(32)21-17(24(30)34-4)6-5-7-18(21)28-22(31)19-8-9-20(27)36-19/h5-9,16,32H,10-15H2,1-4H3,(H,28,31). The predicted octanol–water partition coefficient (Wildman–Crippen LogP) is 6.36. The molecule has 10 heteroatoms. The Morgan fingerprint density at radius 2 is 1.92 bits per heavy atom. The number of methoxy groups -OCH3 is 1. The monoisotopic (exact) mass is 533 g/mol. The molecule has 4 rings (SSSR count). The fourth-order valence-electron chi connectivity index (χ4n) is 4.54. The predicted molar refractivity (Wildman–Crippen MR) is 143 cm³/mol. The third-order valence-electron chi connectivity index (χ3n) is 6.29. The summed E-state index contributed by atoms with van der Waals surface area (Å²) in [5.41, 5.74) is -0.00429. The second-order valence-corrected chi connectivity index (χ2v) is 11.7. The van der Waals surface area contributed by atoms with Crippen molar-refractivity contribution in [3.63, 3.8) is 0 Å². The van der Waals surface area contributed by atoms with Gasteiger partial charge in [0.15, 0.2) is 0 Å². The smallest absolute Gasteiger partial charge is 0.410 e. The van der Waals surface area contributed by atoms with Crippen LogP contribution in [0.15, 0.2) is 30.3 Å². The Hall–Kier alpha value is -2.91. The van der Waals surface area contributed by atoms with E-state index in [1.54, 1.807) is 34.8 Å². The van der Waals surface area contributed by atoms with Gasteiger partial charge in [-0.1, -0.05) is 17.7 Å². The highest BCUT2D eigenvalue weighted by Gasteiger charge is 2.28. The van der Waals surface area contributed by atoms with E-state index < -0.39 is 5.60 Å². The van der Waals surface area contributed by atoms with Gasteiger partial charge in [-0.15, -0.1) is 11.3 Å². The highest BCUT2D eigenvalue weighted by Crippen LogP contribution is 2.42. The topological polar surface area (TPSA) is 93.0 Å². The molecule has 0 spiro atoms. The second-order valence-electron chi connectivity index (χ2n) is 9.97. The van der Waals surface area contributed by atoms with Gasteiger partial charge < -0.3 is 24.8 Å². The summed E-state index contributed by atoms with van der Waals surface area (Å²) >= 11 is 7.17. The van der Waals surface area contributed by atoms with E-state index in [1.165, 1.54) is 11.3 Å². The number of aromatic nitrogens is 1. The molecule has 1 aromatic carbocycles. The number of ether oxygens (including phenoxy) is 2. The van der Waals surface area contributed by atoms with Gasteiger partial charge in [0, 0.05) is 25.0 Å². The van der Waals surface area contributed by atoms with Gasteiger partial charge in [0.1, 0.15) is 5.60 Å². The van der Waals surface area contributed by atoms with Crippen molar-refractivity contribution in [1.82, 2.24) is 9.47 Å². The molecule has 0 radical (unpaired) electrons. The number of aromatic hydroxyl groups is 1. The average molecular weight is 534 g/mol. The number of halogens is 1. The van der Waals surface area contributed by atoms with Crippen LogP contribution < -0.4 is 10.1 Å². The normalized spacial score (nSPS) is 14.8. The van der Waals surface area contributed by atoms with Crippen LogP contribution in [0.1, 0.15) is 49.7 Å². The Balaban J connectivity index is 1.46. The Morgan fingerprint density at radius 3 is 2.53 bits per heavy atom. The summed E-state index contributed by atoms with van der Waals surface area (Å²) in [5, 5.41) is 15.3. The molecule has 3 heterocycles. The third-order valence-corrected chi connectivity index (χ3v) is 7.51. The molecule has 0 bridgehead atoms. The minimum Gasteiger partial charge on any atom is -0.494 e. The van der Waals surface area contributed by atoms with E-state index in [0.29, 0.717) is 51.7 Å². The molecule has 194 valence electrons. The zero-order valence-electron chi connectivity index (χ0n) is 21.0. The van der Waals surface area contributed by atoms with Gasteiger partial charge in [-0.05, 0) is 70.2 Å². The van der Waals surface area contributed by atoms with Crippen LogP contribution >= 0.6 is 22.9 Å². The summed E-state index contributed by atoms with van der Waals surface area (Å²) < 4.78 is 13.4. The highest BCUT2D eigenvalue weighted by atomic mass is 35.5. The lowest BCUT2D eigenvalue weighted by atomic mass is 9.94. The van der Waals surface area contributed by atoms with Crippen molar-refractivity contribution in [3.05, 3.63) is 39.5 Å². The van der Waals surface area contributed by atoms with E-state index in [0.717, 1.165) is 24.6 Å². The van der Waals surface area contributed by atoms with E-state index in [2.05, 4.69) is 5.32 Å². The van der Waals surface area contributed by atoms with Crippen molar-refractivity contribution in [3.8, 4) is 11.8 Å². The lowest BCUT2D eigenvalue weighted by Gasteiger charge is -2.33. The summed E-state index contributed by atoms with van der Waals surface area (Å²) in [6, 6.07) is 8.78. The molecule has 0 atom stereocenters. The van der Waals surface area contributed by atoms with Crippen LogP contribution in [0.3, 0.4) is 0 Å². The third kappa shape index (κ3) is 5.73. The van der Waals surface area contributed by atoms with Gasteiger partial charge in [-0.3, -0.25) is 9.36 Å². The number of piperidine rings is 1. The summed E-state index contributed by atoms with van der Waals surface area (Å²) in [5.74, 6) is 0.709. The number of hydrogen-bond acceptors (Lipinski definition) is 6. The van der Waals surface area contributed by atoms with Crippen molar-refractivity contribution in [2.24, 2.45) is 5.92 Å². The van der Waals surface area contributed by atoms with Crippen LogP contribution in [0.25, 0.3) is 10.8 Å². The molecule has 1 saturated heterocycles. The number of rotatable bonds is 6. The number of nitrogens with one attached hydrogen (secondary N) is 1. The lowest BCUT2D eigenvalue weighted by Crippen LogP contribution is -2.41. The lowest BCUT2D eigenvalue weighted by molar-refractivity contribution is 0.0179. The maximum Gasteiger partial charge on any atom is 0.410 e. The first-order valence-electron chi connectivity index (χ1n) is 12.0. The van der Waals surface area contributed by atoms with Gasteiger partial charge >= 0.3 is 6.09 Å². The van der Waals surface area contributed by atoms with Crippen LogP contribution in [0.2, 0.25) is 4.34 Å². The molecule has 1 aliphatic rings. The number of fused-ring (bicyclic) bond motifs is 1. The molecule has 2 amide bonds. The molecule has 3 aromatic rings. The Kier molecular flexibility index (Phi) is 7.70.